The highest BCUT2D eigenvalue weighted by molar-refractivity contribution is 5.77. The lowest BCUT2D eigenvalue weighted by molar-refractivity contribution is 0.468. The first-order chi connectivity index (χ1) is 9.15. The van der Waals surface area contributed by atoms with E-state index in [2.05, 4.69) is 54.7 Å². The van der Waals surface area contributed by atoms with Gasteiger partial charge >= 0.3 is 0 Å². The van der Waals surface area contributed by atoms with Crippen molar-refractivity contribution in [1.82, 2.24) is 14.9 Å². The summed E-state index contributed by atoms with van der Waals surface area (Å²) < 4.78 is 2.25. The molecule has 0 aliphatic carbocycles. The number of fused-ring (bicyclic) bond motifs is 1. The van der Waals surface area contributed by atoms with Gasteiger partial charge in [-0.05, 0) is 49.9 Å². The van der Waals surface area contributed by atoms with Crippen molar-refractivity contribution in [3.63, 3.8) is 0 Å². The molecule has 0 aliphatic heterocycles. The summed E-state index contributed by atoms with van der Waals surface area (Å²) in [6.45, 7) is 10.8. The molecule has 0 bridgehead atoms. The number of nitrogens with zero attached hydrogens (tertiary/aromatic N) is 2. The van der Waals surface area contributed by atoms with Crippen LogP contribution in [0.2, 0.25) is 0 Å². The van der Waals surface area contributed by atoms with Gasteiger partial charge in [-0.25, -0.2) is 4.98 Å². The number of nitrogens with one attached hydrogen (secondary N) is 1. The Hall–Kier alpha value is -1.35. The fraction of sp³-hybridized carbons (Fsp3) is 0.562. The molecule has 0 radical (unpaired) electrons. The Morgan fingerprint density at radius 1 is 1.16 bits per heavy atom. The van der Waals surface area contributed by atoms with Gasteiger partial charge in [0, 0.05) is 19.1 Å². The SMILES string of the molecule is CCC(CC)NCCn1cnc2cc(C)c(C)cc21. The summed E-state index contributed by atoms with van der Waals surface area (Å²) >= 11 is 0. The van der Waals surface area contributed by atoms with Crippen LogP contribution in [0.15, 0.2) is 18.5 Å². The van der Waals surface area contributed by atoms with Crippen molar-refractivity contribution in [2.24, 2.45) is 0 Å². The molecule has 2 rings (SSSR count). The first-order valence-corrected chi connectivity index (χ1v) is 7.31. The second-order valence-electron chi connectivity index (χ2n) is 5.33. The third kappa shape index (κ3) is 3.16. The first-order valence-electron chi connectivity index (χ1n) is 7.31. The molecule has 19 heavy (non-hydrogen) atoms. The normalized spacial score (nSPS) is 11.6. The van der Waals surface area contributed by atoms with E-state index in [-0.39, 0.29) is 0 Å². The minimum Gasteiger partial charge on any atom is -0.329 e. The summed E-state index contributed by atoms with van der Waals surface area (Å²) in [5.74, 6) is 0. The second kappa shape index (κ2) is 6.20. The number of aromatic nitrogens is 2. The van der Waals surface area contributed by atoms with Gasteiger partial charge in [-0.3, -0.25) is 0 Å². The standard InChI is InChI=1S/C16H25N3/c1-5-14(6-2)17-7-8-19-11-18-15-9-12(3)13(4)10-16(15)19/h9-11,14,17H,5-8H2,1-4H3. The molecule has 1 aromatic carbocycles. The molecular weight excluding hydrogens is 234 g/mol. The van der Waals surface area contributed by atoms with Crippen LogP contribution in [0.1, 0.15) is 37.8 Å². The molecule has 0 saturated carbocycles. The van der Waals surface area contributed by atoms with Gasteiger partial charge in [0.05, 0.1) is 17.4 Å². The highest BCUT2D eigenvalue weighted by Gasteiger charge is 2.06. The summed E-state index contributed by atoms with van der Waals surface area (Å²) in [6.07, 6.45) is 4.34. The van der Waals surface area contributed by atoms with Crippen molar-refractivity contribution < 1.29 is 0 Å². The molecule has 0 unspecified atom stereocenters. The predicted octanol–water partition coefficient (Wildman–Crippen LogP) is 3.43. The fourth-order valence-electron chi connectivity index (χ4n) is 2.46. The minimum absolute atomic E-state index is 0.638. The van der Waals surface area contributed by atoms with Gasteiger partial charge < -0.3 is 9.88 Å². The smallest absolute Gasteiger partial charge is 0.0958 e. The Kier molecular flexibility index (Phi) is 4.59. The molecule has 1 heterocycles. The van der Waals surface area contributed by atoms with Crippen LogP contribution in [0, 0.1) is 13.8 Å². The summed E-state index contributed by atoms with van der Waals surface area (Å²) in [4.78, 5) is 4.49. The van der Waals surface area contributed by atoms with Gasteiger partial charge in [-0.15, -0.1) is 0 Å². The van der Waals surface area contributed by atoms with E-state index < -0.39 is 0 Å². The zero-order valence-corrected chi connectivity index (χ0v) is 12.5. The van der Waals surface area contributed by atoms with E-state index in [4.69, 9.17) is 0 Å². The van der Waals surface area contributed by atoms with E-state index >= 15 is 0 Å². The van der Waals surface area contributed by atoms with Crippen molar-refractivity contribution in [2.45, 2.75) is 53.1 Å². The third-order valence-electron chi connectivity index (χ3n) is 4.01. The fourth-order valence-corrected chi connectivity index (χ4v) is 2.46. The molecule has 1 aromatic heterocycles. The number of hydrogen-bond donors (Lipinski definition) is 1. The van der Waals surface area contributed by atoms with E-state index in [1.807, 2.05) is 6.33 Å². The molecule has 0 spiro atoms. The van der Waals surface area contributed by atoms with Crippen molar-refractivity contribution >= 4 is 11.0 Å². The van der Waals surface area contributed by atoms with Crippen LogP contribution in [0.4, 0.5) is 0 Å². The van der Waals surface area contributed by atoms with Gasteiger partial charge in [0.25, 0.3) is 0 Å². The zero-order valence-electron chi connectivity index (χ0n) is 12.5. The molecule has 0 aliphatic rings. The Morgan fingerprint density at radius 2 is 1.84 bits per heavy atom. The first kappa shape index (κ1) is 14.1. The van der Waals surface area contributed by atoms with Gasteiger partial charge in [0.2, 0.25) is 0 Å². The quantitative estimate of drug-likeness (QED) is 0.861. The van der Waals surface area contributed by atoms with Gasteiger partial charge in [-0.1, -0.05) is 13.8 Å². The summed E-state index contributed by atoms with van der Waals surface area (Å²) in [6, 6.07) is 5.06. The maximum atomic E-state index is 4.49. The highest BCUT2D eigenvalue weighted by atomic mass is 15.1. The van der Waals surface area contributed by atoms with Crippen LogP contribution < -0.4 is 5.32 Å². The average Bonchev–Trinajstić information content (AvgIpc) is 2.78. The largest absolute Gasteiger partial charge is 0.329 e. The van der Waals surface area contributed by atoms with Crippen molar-refractivity contribution in [3.8, 4) is 0 Å². The molecule has 0 saturated heterocycles. The van der Waals surface area contributed by atoms with Crippen LogP contribution in [0.3, 0.4) is 0 Å². The lowest BCUT2D eigenvalue weighted by Gasteiger charge is -2.15. The molecule has 0 atom stereocenters. The van der Waals surface area contributed by atoms with Gasteiger partial charge in [0.1, 0.15) is 0 Å². The Bertz CT molecular complexity index is 538. The number of hydrogen-bond acceptors (Lipinski definition) is 2. The van der Waals surface area contributed by atoms with E-state index in [9.17, 15) is 0 Å². The van der Waals surface area contributed by atoms with Crippen LogP contribution >= 0.6 is 0 Å². The van der Waals surface area contributed by atoms with E-state index in [0.29, 0.717) is 6.04 Å². The average molecular weight is 259 g/mol. The predicted molar refractivity (Wildman–Crippen MR) is 81.6 cm³/mol. The van der Waals surface area contributed by atoms with Gasteiger partial charge in [0.15, 0.2) is 0 Å². The van der Waals surface area contributed by atoms with Crippen LogP contribution in [-0.2, 0) is 6.54 Å². The van der Waals surface area contributed by atoms with Crippen LogP contribution in [0.25, 0.3) is 11.0 Å². The third-order valence-corrected chi connectivity index (χ3v) is 4.01. The Labute approximate surface area is 116 Å². The molecule has 104 valence electrons. The molecule has 0 amide bonds. The van der Waals surface area contributed by atoms with Crippen molar-refractivity contribution in [3.05, 3.63) is 29.6 Å². The summed E-state index contributed by atoms with van der Waals surface area (Å²) in [5, 5.41) is 3.60. The number of rotatable bonds is 6. The monoisotopic (exact) mass is 259 g/mol. The topological polar surface area (TPSA) is 29.9 Å². The second-order valence-corrected chi connectivity index (χ2v) is 5.33. The van der Waals surface area contributed by atoms with E-state index in [1.165, 1.54) is 29.5 Å². The number of imidazole rings is 1. The molecule has 3 nitrogen and oxygen atoms in total. The minimum atomic E-state index is 0.638. The highest BCUT2D eigenvalue weighted by Crippen LogP contribution is 2.18. The maximum Gasteiger partial charge on any atom is 0.0958 e. The van der Waals surface area contributed by atoms with E-state index in [1.54, 1.807) is 0 Å². The molecule has 2 aromatic rings. The Morgan fingerprint density at radius 3 is 2.53 bits per heavy atom. The molecule has 1 N–H and O–H groups in total. The van der Waals surface area contributed by atoms with Crippen molar-refractivity contribution in [1.29, 1.82) is 0 Å². The number of benzene rings is 1. The molecular formula is C16H25N3. The summed E-state index contributed by atoms with van der Waals surface area (Å²) in [5.41, 5.74) is 5.00. The molecule has 3 heteroatoms. The van der Waals surface area contributed by atoms with Gasteiger partial charge in [-0.2, -0.15) is 0 Å². The number of aryl methyl sites for hydroxylation is 2. The Balaban J connectivity index is 2.07. The van der Waals surface area contributed by atoms with Crippen molar-refractivity contribution in [2.75, 3.05) is 6.54 Å². The van der Waals surface area contributed by atoms with E-state index in [0.717, 1.165) is 18.6 Å². The zero-order chi connectivity index (χ0) is 13.8. The lowest BCUT2D eigenvalue weighted by atomic mass is 10.1. The lowest BCUT2D eigenvalue weighted by Crippen LogP contribution is -2.30. The van der Waals surface area contributed by atoms with Crippen LogP contribution in [0.5, 0.6) is 0 Å². The van der Waals surface area contributed by atoms with Crippen LogP contribution in [-0.4, -0.2) is 22.1 Å². The molecule has 0 fully saturated rings. The summed E-state index contributed by atoms with van der Waals surface area (Å²) in [7, 11) is 0. The maximum absolute atomic E-state index is 4.49.